The van der Waals surface area contributed by atoms with Gasteiger partial charge in [0.1, 0.15) is 0 Å². The van der Waals surface area contributed by atoms with Crippen molar-refractivity contribution in [2.45, 2.75) is 0 Å². The Morgan fingerprint density at radius 3 is 1.73 bits per heavy atom. The molecule has 244 valence electrons. The standard InChI is InChI=1S/C50H34N2/c1-2-17-42(18-3-1)52-48-22-9-8-20-47(48)50-46(21-11-23-49(50)52)41-16-10-19-44(34-41)51(45-31-28-36-13-5-7-15-39(36)33-45)43-29-26-37(27-30-43)40-25-24-35-12-4-6-14-38(35)32-40/h1-34H. The number of fused-ring (bicyclic) bond motifs is 5. The molecule has 0 fully saturated rings. The lowest BCUT2D eigenvalue weighted by molar-refractivity contribution is 1.18. The highest BCUT2D eigenvalue weighted by molar-refractivity contribution is 6.16. The van der Waals surface area contributed by atoms with Crippen LogP contribution in [0.4, 0.5) is 17.1 Å². The quantitative estimate of drug-likeness (QED) is 0.172. The topological polar surface area (TPSA) is 8.17 Å². The van der Waals surface area contributed by atoms with Gasteiger partial charge < -0.3 is 9.47 Å². The van der Waals surface area contributed by atoms with Crippen LogP contribution in [0.5, 0.6) is 0 Å². The average Bonchev–Trinajstić information content (AvgIpc) is 3.56. The Bertz CT molecular complexity index is 2900. The van der Waals surface area contributed by atoms with E-state index in [1.807, 2.05) is 0 Å². The minimum Gasteiger partial charge on any atom is -0.310 e. The maximum atomic E-state index is 2.39. The maximum absolute atomic E-state index is 2.39. The predicted molar refractivity (Wildman–Crippen MR) is 221 cm³/mol. The van der Waals surface area contributed by atoms with Gasteiger partial charge >= 0.3 is 0 Å². The first kappa shape index (κ1) is 30.0. The molecular formula is C50H34N2. The van der Waals surface area contributed by atoms with Gasteiger partial charge in [-0.3, -0.25) is 0 Å². The van der Waals surface area contributed by atoms with E-state index in [0.29, 0.717) is 0 Å². The molecule has 9 aromatic carbocycles. The van der Waals surface area contributed by atoms with Crippen molar-refractivity contribution in [3.8, 4) is 27.9 Å². The van der Waals surface area contributed by atoms with Crippen molar-refractivity contribution in [2.75, 3.05) is 4.90 Å². The van der Waals surface area contributed by atoms with Crippen LogP contribution in [0.2, 0.25) is 0 Å². The molecule has 0 N–H and O–H groups in total. The molecule has 0 aliphatic carbocycles. The van der Waals surface area contributed by atoms with E-state index in [2.05, 4.69) is 216 Å². The maximum Gasteiger partial charge on any atom is 0.0547 e. The summed E-state index contributed by atoms with van der Waals surface area (Å²) in [4.78, 5) is 2.38. The Balaban J connectivity index is 1.13. The lowest BCUT2D eigenvalue weighted by atomic mass is 9.98. The molecule has 0 radical (unpaired) electrons. The van der Waals surface area contributed by atoms with Gasteiger partial charge in [-0.1, -0.05) is 140 Å². The summed E-state index contributed by atoms with van der Waals surface area (Å²) in [6.45, 7) is 0. The van der Waals surface area contributed by atoms with E-state index in [1.54, 1.807) is 0 Å². The van der Waals surface area contributed by atoms with Crippen LogP contribution in [-0.4, -0.2) is 4.57 Å². The molecule has 0 atom stereocenters. The average molecular weight is 663 g/mol. The van der Waals surface area contributed by atoms with Gasteiger partial charge in [-0.05, 0) is 111 Å². The summed E-state index contributed by atoms with van der Waals surface area (Å²) >= 11 is 0. The van der Waals surface area contributed by atoms with Crippen molar-refractivity contribution >= 4 is 60.4 Å². The van der Waals surface area contributed by atoms with Crippen LogP contribution in [0.15, 0.2) is 206 Å². The normalized spacial score (nSPS) is 11.5. The molecular weight excluding hydrogens is 629 g/mol. The number of rotatable bonds is 6. The number of para-hydroxylation sites is 2. The van der Waals surface area contributed by atoms with Crippen LogP contribution >= 0.6 is 0 Å². The molecule has 10 aromatic rings. The van der Waals surface area contributed by atoms with E-state index in [9.17, 15) is 0 Å². The Hall–Kier alpha value is -6.90. The van der Waals surface area contributed by atoms with E-state index >= 15 is 0 Å². The fourth-order valence-corrected chi connectivity index (χ4v) is 7.86. The van der Waals surface area contributed by atoms with Crippen LogP contribution in [-0.2, 0) is 0 Å². The fraction of sp³-hybridized carbons (Fsp3) is 0. The van der Waals surface area contributed by atoms with Crippen LogP contribution in [0, 0.1) is 0 Å². The summed E-state index contributed by atoms with van der Waals surface area (Å²) in [5.74, 6) is 0. The van der Waals surface area contributed by atoms with Crippen molar-refractivity contribution in [1.29, 1.82) is 0 Å². The summed E-state index contributed by atoms with van der Waals surface area (Å²) in [6.07, 6.45) is 0. The third kappa shape index (κ3) is 5.12. The highest BCUT2D eigenvalue weighted by Gasteiger charge is 2.18. The summed E-state index contributed by atoms with van der Waals surface area (Å²) < 4.78 is 2.39. The molecule has 0 aliphatic heterocycles. The van der Waals surface area contributed by atoms with E-state index in [-0.39, 0.29) is 0 Å². The zero-order chi connectivity index (χ0) is 34.4. The fourth-order valence-electron chi connectivity index (χ4n) is 7.86. The van der Waals surface area contributed by atoms with Gasteiger partial charge in [0.25, 0.3) is 0 Å². The van der Waals surface area contributed by atoms with E-state index in [4.69, 9.17) is 0 Å². The summed E-state index contributed by atoms with van der Waals surface area (Å²) in [5, 5.41) is 7.46. The van der Waals surface area contributed by atoms with Crippen molar-refractivity contribution in [3.63, 3.8) is 0 Å². The monoisotopic (exact) mass is 662 g/mol. The molecule has 0 saturated heterocycles. The lowest BCUT2D eigenvalue weighted by Crippen LogP contribution is -2.10. The predicted octanol–water partition coefficient (Wildman–Crippen LogP) is 13.9. The second kappa shape index (κ2) is 12.5. The molecule has 0 bridgehead atoms. The lowest BCUT2D eigenvalue weighted by Gasteiger charge is -2.26. The SMILES string of the molecule is c1ccc(-n2c3ccccc3c3c(-c4cccc(N(c5ccc(-c6ccc7ccccc7c6)cc5)c5ccc6ccccc6c5)c4)cccc32)cc1. The first-order chi connectivity index (χ1) is 25.8. The Morgan fingerprint density at radius 1 is 0.327 bits per heavy atom. The third-order valence-electron chi connectivity index (χ3n) is 10.3. The van der Waals surface area contributed by atoms with Gasteiger partial charge in [-0.25, -0.2) is 0 Å². The first-order valence-electron chi connectivity index (χ1n) is 17.8. The van der Waals surface area contributed by atoms with Crippen molar-refractivity contribution in [2.24, 2.45) is 0 Å². The van der Waals surface area contributed by atoms with Gasteiger partial charge in [-0.2, -0.15) is 0 Å². The molecule has 10 rings (SSSR count). The molecule has 0 spiro atoms. The molecule has 1 aromatic heterocycles. The zero-order valence-electron chi connectivity index (χ0n) is 28.5. The Labute approximate surface area is 303 Å². The largest absolute Gasteiger partial charge is 0.310 e. The summed E-state index contributed by atoms with van der Waals surface area (Å²) in [5.41, 5.74) is 11.7. The van der Waals surface area contributed by atoms with E-state index in [0.717, 1.165) is 22.7 Å². The van der Waals surface area contributed by atoms with Gasteiger partial charge in [0.15, 0.2) is 0 Å². The number of anilines is 3. The Kier molecular flexibility index (Phi) is 7.18. The smallest absolute Gasteiger partial charge is 0.0547 e. The summed E-state index contributed by atoms with van der Waals surface area (Å²) in [6, 6.07) is 74.7. The number of nitrogens with zero attached hydrogens (tertiary/aromatic N) is 2. The van der Waals surface area contributed by atoms with Gasteiger partial charge in [-0.15, -0.1) is 0 Å². The van der Waals surface area contributed by atoms with E-state index in [1.165, 1.54) is 65.6 Å². The van der Waals surface area contributed by atoms with Crippen LogP contribution in [0.25, 0.3) is 71.3 Å². The summed E-state index contributed by atoms with van der Waals surface area (Å²) in [7, 11) is 0. The molecule has 2 nitrogen and oxygen atoms in total. The molecule has 52 heavy (non-hydrogen) atoms. The van der Waals surface area contributed by atoms with Crippen molar-refractivity contribution < 1.29 is 0 Å². The van der Waals surface area contributed by atoms with Crippen LogP contribution < -0.4 is 4.90 Å². The van der Waals surface area contributed by atoms with Crippen LogP contribution in [0.1, 0.15) is 0 Å². The van der Waals surface area contributed by atoms with Gasteiger partial charge in [0, 0.05) is 33.5 Å². The molecule has 0 amide bonds. The first-order valence-corrected chi connectivity index (χ1v) is 17.8. The number of benzene rings is 9. The van der Waals surface area contributed by atoms with Gasteiger partial charge in [0.05, 0.1) is 11.0 Å². The van der Waals surface area contributed by atoms with Crippen molar-refractivity contribution in [3.05, 3.63) is 206 Å². The molecule has 1 heterocycles. The van der Waals surface area contributed by atoms with Crippen LogP contribution in [0.3, 0.4) is 0 Å². The number of hydrogen-bond acceptors (Lipinski definition) is 1. The number of aromatic nitrogens is 1. The van der Waals surface area contributed by atoms with E-state index < -0.39 is 0 Å². The molecule has 0 aliphatic rings. The molecule has 0 unspecified atom stereocenters. The second-order valence-electron chi connectivity index (χ2n) is 13.4. The molecule has 0 saturated carbocycles. The highest BCUT2D eigenvalue weighted by Crippen LogP contribution is 2.42. The third-order valence-corrected chi connectivity index (χ3v) is 10.3. The second-order valence-corrected chi connectivity index (χ2v) is 13.4. The minimum atomic E-state index is 1.11. The Morgan fingerprint density at radius 2 is 0.923 bits per heavy atom. The van der Waals surface area contributed by atoms with Gasteiger partial charge in [0.2, 0.25) is 0 Å². The number of hydrogen-bond donors (Lipinski definition) is 0. The molecule has 2 heteroatoms. The minimum absolute atomic E-state index is 1.11. The van der Waals surface area contributed by atoms with Crippen molar-refractivity contribution in [1.82, 2.24) is 4.57 Å². The zero-order valence-corrected chi connectivity index (χ0v) is 28.5. The highest BCUT2D eigenvalue weighted by atomic mass is 15.1.